The average Bonchev–Trinajstić information content (AvgIpc) is 3.10. The Labute approximate surface area is 172 Å². The number of rotatable bonds is 5. The molecule has 1 aromatic carbocycles. The minimum atomic E-state index is -3.87. The van der Waals surface area contributed by atoms with E-state index >= 15 is 0 Å². The average molecular weight is 417 g/mol. The van der Waals surface area contributed by atoms with Gasteiger partial charge < -0.3 is 5.32 Å². The van der Waals surface area contributed by atoms with Gasteiger partial charge in [0.1, 0.15) is 4.90 Å². The third-order valence-corrected chi connectivity index (χ3v) is 8.02. The van der Waals surface area contributed by atoms with E-state index in [1.54, 1.807) is 11.6 Å². The highest BCUT2D eigenvalue weighted by Crippen LogP contribution is 2.45. The number of carbonyl (C=O) groups excluding carboxylic acids is 1. The number of benzene rings is 1. The van der Waals surface area contributed by atoms with Crippen molar-refractivity contribution in [2.24, 2.45) is 0 Å². The summed E-state index contributed by atoms with van der Waals surface area (Å²) in [5, 5.41) is 7.22. The normalized spacial score (nSPS) is 21.1. The van der Waals surface area contributed by atoms with Gasteiger partial charge in [0.2, 0.25) is 15.9 Å². The fourth-order valence-electron chi connectivity index (χ4n) is 4.42. The van der Waals surface area contributed by atoms with Gasteiger partial charge in [0.25, 0.3) is 0 Å². The highest BCUT2D eigenvalue weighted by molar-refractivity contribution is 7.89. The van der Waals surface area contributed by atoms with E-state index in [0.29, 0.717) is 12.1 Å². The maximum Gasteiger partial charge on any atom is 0.247 e. The minimum absolute atomic E-state index is 0.165. The molecule has 0 aliphatic carbocycles. The first kappa shape index (κ1) is 21.3. The van der Waals surface area contributed by atoms with Crippen molar-refractivity contribution in [2.45, 2.75) is 63.1 Å². The summed E-state index contributed by atoms with van der Waals surface area (Å²) in [5.74, 6) is -0.314. The van der Waals surface area contributed by atoms with Gasteiger partial charge in [0, 0.05) is 11.6 Å². The van der Waals surface area contributed by atoms with Crippen LogP contribution in [0.5, 0.6) is 0 Å². The second-order valence-electron chi connectivity index (χ2n) is 8.55. The predicted octanol–water partition coefficient (Wildman–Crippen LogP) is 2.80. The van der Waals surface area contributed by atoms with Gasteiger partial charge in [0.15, 0.2) is 0 Å². The molecule has 3 rings (SSSR count). The van der Waals surface area contributed by atoms with Crippen LogP contribution in [0.1, 0.15) is 39.8 Å². The quantitative estimate of drug-likeness (QED) is 0.760. The molecule has 156 valence electrons. The predicted molar refractivity (Wildman–Crippen MR) is 112 cm³/mol. The van der Waals surface area contributed by atoms with E-state index in [1.807, 2.05) is 58.0 Å². The van der Waals surface area contributed by atoms with Crippen molar-refractivity contribution in [3.8, 4) is 5.69 Å². The second kappa shape index (κ2) is 7.11. The first-order valence-electron chi connectivity index (χ1n) is 9.51. The molecule has 2 aromatic rings. The van der Waals surface area contributed by atoms with Crippen molar-refractivity contribution in [3.05, 3.63) is 54.9 Å². The maximum absolute atomic E-state index is 13.8. The van der Waals surface area contributed by atoms with Gasteiger partial charge in [0.05, 0.1) is 23.1 Å². The van der Waals surface area contributed by atoms with Gasteiger partial charge in [-0.1, -0.05) is 24.8 Å². The van der Waals surface area contributed by atoms with E-state index in [4.69, 9.17) is 0 Å². The molecule has 0 bridgehead atoms. The first-order chi connectivity index (χ1) is 13.4. The van der Waals surface area contributed by atoms with Crippen LogP contribution in [0.4, 0.5) is 0 Å². The number of para-hydroxylation sites is 1. The number of amides is 1. The monoisotopic (exact) mass is 416 g/mol. The second-order valence-corrected chi connectivity index (χ2v) is 10.3. The molecule has 8 heteroatoms. The molecular weight excluding hydrogens is 388 g/mol. The van der Waals surface area contributed by atoms with Gasteiger partial charge in [-0.2, -0.15) is 9.40 Å². The molecule has 1 aliphatic heterocycles. The van der Waals surface area contributed by atoms with Crippen molar-refractivity contribution in [2.75, 3.05) is 0 Å². The van der Waals surface area contributed by atoms with E-state index in [1.165, 1.54) is 16.6 Å². The standard InChI is InChI=1S/C21H28N4O3S/c1-7-19(26)23-18-13-20(3,4)25(21(18,5)6)29(27,28)17-14-22-24(15(17)2)16-11-9-8-10-12-16/h7-12,14,18H,1,13H2,2-6H3,(H,23,26). The van der Waals surface area contributed by atoms with Crippen molar-refractivity contribution in [3.63, 3.8) is 0 Å². The summed E-state index contributed by atoms with van der Waals surface area (Å²) in [6, 6.07) is 9.06. The van der Waals surface area contributed by atoms with Gasteiger partial charge in [-0.3, -0.25) is 4.79 Å². The Bertz CT molecular complexity index is 1040. The fourth-order valence-corrected chi connectivity index (χ4v) is 6.73. The van der Waals surface area contributed by atoms with Gasteiger partial charge in [-0.25, -0.2) is 13.1 Å². The molecule has 1 aromatic heterocycles. The Morgan fingerprint density at radius 3 is 2.45 bits per heavy atom. The van der Waals surface area contributed by atoms with Gasteiger partial charge in [-0.15, -0.1) is 0 Å². The zero-order valence-corrected chi connectivity index (χ0v) is 18.3. The molecule has 1 aliphatic rings. The van der Waals surface area contributed by atoms with Crippen LogP contribution in [0.2, 0.25) is 0 Å². The molecule has 1 amide bonds. The molecule has 1 unspecified atom stereocenters. The summed E-state index contributed by atoms with van der Waals surface area (Å²) < 4.78 is 30.7. The highest BCUT2D eigenvalue weighted by atomic mass is 32.2. The van der Waals surface area contributed by atoms with Crippen molar-refractivity contribution in [1.29, 1.82) is 0 Å². The molecule has 7 nitrogen and oxygen atoms in total. The lowest BCUT2D eigenvalue weighted by molar-refractivity contribution is -0.117. The molecule has 0 spiro atoms. The number of nitrogens with zero attached hydrogens (tertiary/aromatic N) is 3. The van der Waals surface area contributed by atoms with E-state index in [2.05, 4.69) is 17.0 Å². The van der Waals surface area contributed by atoms with Crippen LogP contribution < -0.4 is 5.32 Å². The smallest absolute Gasteiger partial charge is 0.247 e. The van der Waals surface area contributed by atoms with E-state index in [0.717, 1.165) is 5.69 Å². The number of nitrogens with one attached hydrogen (secondary N) is 1. The van der Waals surface area contributed by atoms with E-state index in [-0.39, 0.29) is 16.8 Å². The molecule has 1 N–H and O–H groups in total. The Morgan fingerprint density at radius 1 is 1.24 bits per heavy atom. The Kier molecular flexibility index (Phi) is 5.21. The van der Waals surface area contributed by atoms with Crippen molar-refractivity contribution < 1.29 is 13.2 Å². The molecule has 0 saturated carbocycles. The number of hydrogen-bond donors (Lipinski definition) is 1. The summed E-state index contributed by atoms with van der Waals surface area (Å²) in [6.07, 6.45) is 3.10. The van der Waals surface area contributed by atoms with Crippen LogP contribution >= 0.6 is 0 Å². The van der Waals surface area contributed by atoms with E-state index < -0.39 is 21.1 Å². The Morgan fingerprint density at radius 2 is 1.86 bits per heavy atom. The largest absolute Gasteiger partial charge is 0.348 e. The van der Waals surface area contributed by atoms with E-state index in [9.17, 15) is 13.2 Å². The van der Waals surface area contributed by atoms with Gasteiger partial charge in [-0.05, 0) is 59.2 Å². The van der Waals surface area contributed by atoms with Gasteiger partial charge >= 0.3 is 0 Å². The number of hydrogen-bond acceptors (Lipinski definition) is 4. The molecule has 2 heterocycles. The lowest BCUT2D eigenvalue weighted by Crippen LogP contribution is -2.56. The molecule has 29 heavy (non-hydrogen) atoms. The molecule has 1 atom stereocenters. The third kappa shape index (κ3) is 3.51. The van der Waals surface area contributed by atoms with Crippen LogP contribution in [0.3, 0.4) is 0 Å². The summed E-state index contributed by atoms with van der Waals surface area (Å²) in [4.78, 5) is 12.1. The fraction of sp³-hybridized carbons (Fsp3) is 0.429. The zero-order chi connectivity index (χ0) is 21.6. The summed E-state index contributed by atoms with van der Waals surface area (Å²) in [6.45, 7) is 12.7. The van der Waals surface area contributed by atoms with Crippen molar-refractivity contribution >= 4 is 15.9 Å². The topological polar surface area (TPSA) is 84.3 Å². The molecular formula is C21H28N4O3S. The minimum Gasteiger partial charge on any atom is -0.348 e. The maximum atomic E-state index is 13.8. The number of aromatic nitrogens is 2. The summed E-state index contributed by atoms with van der Waals surface area (Å²) >= 11 is 0. The first-order valence-corrected chi connectivity index (χ1v) is 11.0. The SMILES string of the molecule is C=CC(=O)NC1CC(C)(C)N(S(=O)(=O)c2cnn(-c3ccccc3)c2C)C1(C)C. The third-order valence-electron chi connectivity index (χ3n) is 5.62. The lowest BCUT2D eigenvalue weighted by Gasteiger charge is -2.40. The van der Waals surface area contributed by atoms with Crippen LogP contribution in [-0.2, 0) is 14.8 Å². The van der Waals surface area contributed by atoms with Crippen LogP contribution in [0, 0.1) is 6.92 Å². The van der Waals surface area contributed by atoms with Crippen LogP contribution in [0.25, 0.3) is 5.69 Å². The lowest BCUT2D eigenvalue weighted by atomic mass is 9.94. The summed E-state index contributed by atoms with van der Waals surface area (Å²) in [5.41, 5.74) is -0.186. The molecule has 0 radical (unpaired) electrons. The van der Waals surface area contributed by atoms with Crippen LogP contribution in [0.15, 0.2) is 54.1 Å². The number of carbonyl (C=O) groups is 1. The molecule has 1 saturated heterocycles. The number of sulfonamides is 1. The van der Waals surface area contributed by atoms with Crippen LogP contribution in [-0.4, -0.2) is 45.5 Å². The molecule has 1 fully saturated rings. The zero-order valence-electron chi connectivity index (χ0n) is 17.5. The highest BCUT2D eigenvalue weighted by Gasteiger charge is 2.57. The Balaban J connectivity index is 2.06. The summed E-state index contributed by atoms with van der Waals surface area (Å²) in [7, 11) is -3.87. The van der Waals surface area contributed by atoms with Crippen molar-refractivity contribution in [1.82, 2.24) is 19.4 Å². The Hall–Kier alpha value is -2.45.